The smallest absolute Gasteiger partial charge is 0.180 e. The molecule has 1 saturated heterocycles. The average molecular weight is 275 g/mol. The number of hydrogen-bond donors (Lipinski definition) is 2. The summed E-state index contributed by atoms with van der Waals surface area (Å²) >= 11 is 0. The Kier molecular flexibility index (Phi) is 3.73. The summed E-state index contributed by atoms with van der Waals surface area (Å²) in [7, 11) is 0. The minimum atomic E-state index is -0.271. The maximum Gasteiger partial charge on any atom is 0.180 e. The largest absolute Gasteiger partial charge is 0.391 e. The molecule has 1 unspecified atom stereocenters. The first-order chi connectivity index (χ1) is 9.78. The summed E-state index contributed by atoms with van der Waals surface area (Å²) in [5.74, 6) is 1.71. The van der Waals surface area contributed by atoms with Gasteiger partial charge in [0.05, 0.1) is 12.3 Å². The number of nitrogens with one attached hydrogen (secondary N) is 1. The zero-order chi connectivity index (χ0) is 13.9. The molecule has 0 amide bonds. The first-order valence-corrected chi connectivity index (χ1v) is 7.28. The molecular weight excluding hydrogens is 254 g/mol. The summed E-state index contributed by atoms with van der Waals surface area (Å²) in [6.45, 7) is 4.58. The number of rotatable bonds is 4. The summed E-state index contributed by atoms with van der Waals surface area (Å²) in [5, 5.41) is 13.2. The van der Waals surface area contributed by atoms with Gasteiger partial charge >= 0.3 is 0 Å². The maximum absolute atomic E-state index is 9.86. The number of nitrogens with zero attached hydrogens (tertiary/aromatic N) is 4. The van der Waals surface area contributed by atoms with Crippen LogP contribution in [0, 0.1) is 0 Å². The van der Waals surface area contributed by atoms with Crippen molar-refractivity contribution in [2.24, 2.45) is 0 Å². The number of piperidine rings is 1. The van der Waals surface area contributed by atoms with Crippen LogP contribution in [0.1, 0.15) is 26.2 Å². The summed E-state index contributed by atoms with van der Waals surface area (Å²) in [5.41, 5.74) is 0.848. The van der Waals surface area contributed by atoms with Gasteiger partial charge in [-0.2, -0.15) is 0 Å². The quantitative estimate of drug-likeness (QED) is 0.885. The molecular formula is C14H21N5O. The zero-order valence-corrected chi connectivity index (χ0v) is 11.8. The van der Waals surface area contributed by atoms with Crippen LogP contribution in [-0.2, 0) is 0 Å². The van der Waals surface area contributed by atoms with E-state index in [2.05, 4.69) is 27.1 Å². The fourth-order valence-corrected chi connectivity index (χ4v) is 2.61. The van der Waals surface area contributed by atoms with Crippen LogP contribution >= 0.6 is 0 Å². The zero-order valence-electron chi connectivity index (χ0n) is 11.8. The van der Waals surface area contributed by atoms with E-state index >= 15 is 0 Å². The Labute approximate surface area is 118 Å². The molecule has 0 saturated carbocycles. The molecule has 2 aromatic heterocycles. The Balaban J connectivity index is 1.96. The predicted molar refractivity (Wildman–Crippen MR) is 79.2 cm³/mol. The van der Waals surface area contributed by atoms with Gasteiger partial charge in [0.25, 0.3) is 0 Å². The minimum Gasteiger partial charge on any atom is -0.391 e. The third kappa shape index (κ3) is 2.56. The lowest BCUT2D eigenvalue weighted by Crippen LogP contribution is -2.39. The molecule has 6 nitrogen and oxygen atoms in total. The highest BCUT2D eigenvalue weighted by atomic mass is 16.3. The van der Waals surface area contributed by atoms with Gasteiger partial charge in [-0.15, -0.1) is 0 Å². The molecule has 1 atom stereocenters. The molecule has 0 radical (unpaired) electrons. The van der Waals surface area contributed by atoms with Gasteiger partial charge in [0.1, 0.15) is 5.82 Å². The summed E-state index contributed by atoms with van der Waals surface area (Å²) in [4.78, 5) is 11.2. The third-order valence-electron chi connectivity index (χ3n) is 3.61. The predicted octanol–water partition coefficient (Wildman–Crippen LogP) is 1.51. The van der Waals surface area contributed by atoms with Gasteiger partial charge in [0.15, 0.2) is 11.5 Å². The molecule has 0 aromatic carbocycles. The Hall–Kier alpha value is -1.82. The minimum absolute atomic E-state index is 0.271. The number of anilines is 2. The van der Waals surface area contributed by atoms with E-state index in [4.69, 9.17) is 0 Å². The maximum atomic E-state index is 9.86. The van der Waals surface area contributed by atoms with Crippen molar-refractivity contribution in [2.45, 2.75) is 32.3 Å². The van der Waals surface area contributed by atoms with Gasteiger partial charge in [-0.3, -0.25) is 0 Å². The SMILES string of the molecule is CCCNc1cn2ccnc2c(N2CCCC(O)C2)n1. The van der Waals surface area contributed by atoms with Crippen molar-refractivity contribution < 1.29 is 5.11 Å². The van der Waals surface area contributed by atoms with Crippen molar-refractivity contribution >= 4 is 17.3 Å². The van der Waals surface area contributed by atoms with Gasteiger partial charge in [0, 0.05) is 32.0 Å². The molecule has 1 aliphatic rings. The Morgan fingerprint density at radius 2 is 2.40 bits per heavy atom. The lowest BCUT2D eigenvalue weighted by molar-refractivity contribution is 0.154. The topological polar surface area (TPSA) is 65.7 Å². The Morgan fingerprint density at radius 3 is 3.20 bits per heavy atom. The second kappa shape index (κ2) is 5.66. The second-order valence-electron chi connectivity index (χ2n) is 5.28. The van der Waals surface area contributed by atoms with E-state index in [-0.39, 0.29) is 6.10 Å². The number of β-amino-alcohol motifs (C(OH)–C–C–N with tert-alkyl or cyclic N) is 1. The van der Waals surface area contributed by atoms with E-state index in [0.717, 1.165) is 49.6 Å². The fraction of sp³-hybridized carbons (Fsp3) is 0.571. The van der Waals surface area contributed by atoms with Gasteiger partial charge in [-0.1, -0.05) is 6.92 Å². The Morgan fingerprint density at radius 1 is 1.50 bits per heavy atom. The van der Waals surface area contributed by atoms with E-state index in [1.54, 1.807) is 6.20 Å². The van der Waals surface area contributed by atoms with Crippen LogP contribution in [-0.4, -0.2) is 45.2 Å². The molecule has 2 aromatic rings. The summed E-state index contributed by atoms with van der Waals surface area (Å²) < 4.78 is 1.99. The first kappa shape index (κ1) is 13.2. The van der Waals surface area contributed by atoms with E-state index in [0.29, 0.717) is 6.54 Å². The molecule has 0 bridgehead atoms. The van der Waals surface area contributed by atoms with Gasteiger partial charge < -0.3 is 19.7 Å². The van der Waals surface area contributed by atoms with Crippen LogP contribution in [0.25, 0.3) is 5.65 Å². The van der Waals surface area contributed by atoms with Crippen LogP contribution in [0.3, 0.4) is 0 Å². The molecule has 1 aliphatic heterocycles. The summed E-state index contributed by atoms with van der Waals surface area (Å²) in [6.07, 6.45) is 8.32. The normalized spacial score (nSPS) is 19.5. The average Bonchev–Trinajstić information content (AvgIpc) is 2.92. The molecule has 3 rings (SSSR count). The van der Waals surface area contributed by atoms with Crippen molar-refractivity contribution in [3.63, 3.8) is 0 Å². The molecule has 6 heteroatoms. The van der Waals surface area contributed by atoms with Crippen molar-refractivity contribution in [1.29, 1.82) is 0 Å². The number of imidazole rings is 1. The molecule has 0 aliphatic carbocycles. The standard InChI is InChI=1S/C14H21N5O/c1-2-5-15-12-10-19-8-6-16-13(19)14(17-12)18-7-3-4-11(20)9-18/h6,8,10-11,15,20H,2-5,7,9H2,1H3. The number of aliphatic hydroxyl groups excluding tert-OH is 1. The molecule has 0 spiro atoms. The first-order valence-electron chi connectivity index (χ1n) is 7.28. The van der Waals surface area contributed by atoms with Crippen LogP contribution < -0.4 is 10.2 Å². The van der Waals surface area contributed by atoms with Gasteiger partial charge in [-0.05, 0) is 19.3 Å². The van der Waals surface area contributed by atoms with E-state index < -0.39 is 0 Å². The Bertz CT molecular complexity index is 582. The molecule has 108 valence electrons. The van der Waals surface area contributed by atoms with E-state index in [1.165, 1.54) is 0 Å². The number of hydrogen-bond acceptors (Lipinski definition) is 5. The lowest BCUT2D eigenvalue weighted by Gasteiger charge is -2.31. The monoisotopic (exact) mass is 275 g/mol. The third-order valence-corrected chi connectivity index (χ3v) is 3.61. The number of aromatic nitrogens is 3. The van der Waals surface area contributed by atoms with Crippen molar-refractivity contribution in [2.75, 3.05) is 29.9 Å². The van der Waals surface area contributed by atoms with Crippen molar-refractivity contribution in [3.05, 3.63) is 18.6 Å². The van der Waals surface area contributed by atoms with Crippen molar-refractivity contribution in [1.82, 2.24) is 14.4 Å². The highest BCUT2D eigenvalue weighted by Crippen LogP contribution is 2.24. The van der Waals surface area contributed by atoms with Crippen molar-refractivity contribution in [3.8, 4) is 0 Å². The number of aliphatic hydroxyl groups is 1. The van der Waals surface area contributed by atoms with Gasteiger partial charge in [0.2, 0.25) is 0 Å². The van der Waals surface area contributed by atoms with Gasteiger partial charge in [-0.25, -0.2) is 9.97 Å². The lowest BCUT2D eigenvalue weighted by atomic mass is 10.1. The molecule has 20 heavy (non-hydrogen) atoms. The van der Waals surface area contributed by atoms with Crippen LogP contribution in [0.2, 0.25) is 0 Å². The molecule has 3 heterocycles. The summed E-state index contributed by atoms with van der Waals surface area (Å²) in [6, 6.07) is 0. The highest BCUT2D eigenvalue weighted by molar-refractivity contribution is 5.67. The van der Waals surface area contributed by atoms with Crippen LogP contribution in [0.15, 0.2) is 18.6 Å². The molecule has 1 fully saturated rings. The molecule has 2 N–H and O–H groups in total. The van der Waals surface area contributed by atoms with Crippen LogP contribution in [0.4, 0.5) is 11.6 Å². The van der Waals surface area contributed by atoms with Crippen LogP contribution in [0.5, 0.6) is 0 Å². The van der Waals surface area contributed by atoms with E-state index in [9.17, 15) is 5.11 Å². The number of fused-ring (bicyclic) bond motifs is 1. The highest BCUT2D eigenvalue weighted by Gasteiger charge is 2.22. The van der Waals surface area contributed by atoms with E-state index in [1.807, 2.05) is 16.8 Å². The second-order valence-corrected chi connectivity index (χ2v) is 5.28. The fourth-order valence-electron chi connectivity index (χ4n) is 2.61.